The van der Waals surface area contributed by atoms with Crippen LogP contribution < -0.4 is 31.9 Å². The summed E-state index contributed by atoms with van der Waals surface area (Å²) in [4.78, 5) is 183. The normalized spacial score (nSPS) is 17.1. The molecule has 30 heteroatoms. The van der Waals surface area contributed by atoms with E-state index in [2.05, 4.69) is 31.9 Å². The van der Waals surface area contributed by atoms with Gasteiger partial charge in [0.2, 0.25) is 17.7 Å². The molecule has 764 valence electrons. The zero-order chi connectivity index (χ0) is 103. The number of carbonyl (C=O) groups excluding carboxylic acids is 14. The van der Waals surface area contributed by atoms with Crippen LogP contribution in [0.1, 0.15) is 210 Å². The number of aldehydes is 1. The largest absolute Gasteiger partial charge is 0.452 e. The predicted octanol–water partition coefficient (Wildman–Crippen LogP) is 20.1. The molecule has 0 radical (unpaired) electrons. The van der Waals surface area contributed by atoms with E-state index in [1.807, 2.05) is 198 Å². The highest BCUT2D eigenvalue weighted by atomic mass is 19.4. The molecule has 6 amide bonds. The third-order valence-corrected chi connectivity index (χ3v) is 26.4. The molecule has 9 aromatic rings. The summed E-state index contributed by atoms with van der Waals surface area (Å²) in [5.74, 6) is -10.6. The van der Waals surface area contributed by atoms with Crippen molar-refractivity contribution < 1.29 is 113 Å². The lowest BCUT2D eigenvalue weighted by atomic mass is 9.82. The van der Waals surface area contributed by atoms with Gasteiger partial charge in [-0.15, -0.1) is 0 Å². The van der Waals surface area contributed by atoms with Crippen molar-refractivity contribution in [3.8, 4) is 0 Å². The number of rotatable bonds is 45. The Hall–Kier alpha value is -13.1. The number of aliphatic hydroxyl groups excluding tert-OH is 1. The predicted molar refractivity (Wildman–Crippen MR) is 531 cm³/mol. The van der Waals surface area contributed by atoms with Gasteiger partial charge in [-0.3, -0.25) is 47.9 Å². The Morgan fingerprint density at radius 3 is 0.979 bits per heavy atom. The van der Waals surface area contributed by atoms with Crippen LogP contribution >= 0.6 is 0 Å². The number of aliphatic hydroxyl groups is 1. The maximum absolute atomic E-state index is 14.0. The molecule has 3 aliphatic carbocycles. The lowest BCUT2D eigenvalue weighted by Gasteiger charge is -2.32. The van der Waals surface area contributed by atoms with E-state index in [1.54, 1.807) is 62.4 Å². The van der Waals surface area contributed by atoms with E-state index >= 15 is 0 Å². The van der Waals surface area contributed by atoms with Gasteiger partial charge in [-0.25, -0.2) is 14.4 Å². The summed E-state index contributed by atoms with van der Waals surface area (Å²) in [5, 5.41) is 31.4. The molecule has 143 heavy (non-hydrogen) atoms. The number of amides is 6. The van der Waals surface area contributed by atoms with Crippen molar-refractivity contribution in [2.75, 3.05) is 0 Å². The second kappa shape index (κ2) is 55.5. The van der Waals surface area contributed by atoms with Gasteiger partial charge < -0.3 is 56.0 Å². The van der Waals surface area contributed by atoms with Crippen LogP contribution in [0.4, 0.5) is 40.7 Å². The van der Waals surface area contributed by atoms with Crippen molar-refractivity contribution in [2.45, 2.75) is 270 Å². The maximum Gasteiger partial charge on any atom is 0.452 e. The Morgan fingerprint density at radius 2 is 0.664 bits per heavy atom. The van der Waals surface area contributed by atoms with Crippen LogP contribution in [0.25, 0.3) is 32.3 Å². The van der Waals surface area contributed by atoms with Crippen molar-refractivity contribution in [3.05, 3.63) is 252 Å². The van der Waals surface area contributed by atoms with Crippen LogP contribution in [0.3, 0.4) is 0 Å². The van der Waals surface area contributed by atoms with E-state index in [1.165, 1.54) is 0 Å². The van der Waals surface area contributed by atoms with E-state index in [0.717, 1.165) is 85.0 Å². The Kier molecular flexibility index (Phi) is 43.4. The molecule has 9 aromatic carbocycles. The summed E-state index contributed by atoms with van der Waals surface area (Å²) in [6, 6.07) is 59.5. The molecule has 13 atom stereocenters. The second-order valence-corrected chi connectivity index (χ2v) is 39.0. The van der Waals surface area contributed by atoms with Crippen LogP contribution in [0.5, 0.6) is 0 Å². The topological polar surface area (TPSA) is 359 Å². The first kappa shape index (κ1) is 112. The van der Waals surface area contributed by atoms with Crippen LogP contribution in [-0.4, -0.2) is 143 Å². The monoisotopic (exact) mass is 1970 g/mol. The molecule has 3 fully saturated rings. The molecule has 0 bridgehead atoms. The van der Waals surface area contributed by atoms with Crippen molar-refractivity contribution in [2.24, 2.45) is 53.3 Å². The first-order valence-electron chi connectivity index (χ1n) is 49.6. The number of fused-ring (bicyclic) bond motifs is 3. The maximum atomic E-state index is 14.0. The highest BCUT2D eigenvalue weighted by Crippen LogP contribution is 2.35. The smallest absolute Gasteiger partial charge is 0.445 e. The number of hydrogen-bond acceptors (Lipinski definition) is 18. The van der Waals surface area contributed by atoms with Gasteiger partial charge in [0, 0.05) is 93.3 Å². The van der Waals surface area contributed by atoms with E-state index in [0.29, 0.717) is 57.7 Å². The van der Waals surface area contributed by atoms with Gasteiger partial charge in [0.25, 0.3) is 5.78 Å². The number of nitrogens with one attached hydrogen (secondary N) is 6. The number of benzene rings is 9. The number of carbonyl (C=O) groups is 14. The van der Waals surface area contributed by atoms with Gasteiger partial charge in [-0.05, 0) is 161 Å². The standard InChI is InChI=1S/C38H45F3N2O6.C38H43F3N2O6.C37H44N2O6/c2*1-24(2)19-29(36(47)42-32(35(46)38(39,40)41)21-28-14-7-9-18-33(28)44)22-34(45)31(43-37(48)49-23-25-11-4-3-5-12-25)20-27-16-10-15-26-13-6-8-17-30(26)27;1-25(2)19-30(36(43)38-31(23-40)20-29-14-7-9-18-34(29)41)22-35(42)33(39-37(44)45-24-26-11-4-3-5-12-26)21-28-16-10-15-27-13-6-8-17-32(27)28/h3-6,8,10-13,15-17,24,28-29,31-32,35,46H,7,9,14,18-23H2,1-2H3,(H,42,47)(H,43,48);3-6,8,10-13,15-17,24,28-29,31-32H,7,9,14,18-23H2,1-2H3,(H,42,47)(H,43,48);3-6,8,10-13,15-17,23,25,29-31,33H,7,9,14,18-22,24H2,1-2H3,(H,38,43)(H,39,44)/t28-,29+,31-,32-,35?;28-,29+,31-,32-;29-,30+,31-,33-/m000/s1. The summed E-state index contributed by atoms with van der Waals surface area (Å²) in [6.45, 7) is 11.2. The van der Waals surface area contributed by atoms with Gasteiger partial charge in [0.1, 0.15) is 43.5 Å². The summed E-state index contributed by atoms with van der Waals surface area (Å²) in [6.07, 6.45) is -8.45. The van der Waals surface area contributed by atoms with Crippen LogP contribution in [0.2, 0.25) is 0 Å². The Labute approximate surface area is 830 Å². The number of ether oxygens (including phenoxy) is 3. The highest BCUT2D eigenvalue weighted by Gasteiger charge is 2.48. The third kappa shape index (κ3) is 36.1. The van der Waals surface area contributed by atoms with Crippen LogP contribution in [-0.2, 0) is 106 Å². The molecule has 3 aliphatic rings. The first-order chi connectivity index (χ1) is 68.4. The molecule has 0 aromatic heterocycles. The van der Waals surface area contributed by atoms with Crippen molar-refractivity contribution >= 4 is 115 Å². The Bertz CT molecular complexity index is 5770. The average Bonchev–Trinajstić information content (AvgIpc) is 0.822. The van der Waals surface area contributed by atoms with E-state index < -0.39 is 150 Å². The SMILES string of the molecule is CC(C)C[C@H](CC(=O)[C@H](Cc1cccc2ccccc12)NC(=O)OCc1ccccc1)C(=O)N[C@@H](C[C@@H]1CCCCC1=O)C(=O)C(F)(F)F.CC(C)C[C@H](CC(=O)[C@H](Cc1cccc2ccccc12)NC(=O)OCc1ccccc1)C(=O)N[C@@H](C[C@@H]1CCCCC1=O)C(O)C(F)(F)F.CC(C)C[C@H](CC(=O)[C@H](Cc1cccc2ccccc12)NC(=O)OCc1ccccc1)C(=O)N[C@H](C=O)C[C@@H]1CCCCC1=O. The number of ketones is 7. The molecule has 0 heterocycles. The molecule has 0 aliphatic heterocycles. The molecular formula is C113H132F6N6O18. The van der Waals surface area contributed by atoms with E-state index in [-0.39, 0.29) is 137 Å². The van der Waals surface area contributed by atoms with Crippen LogP contribution in [0.15, 0.2) is 218 Å². The molecule has 24 nitrogen and oxygen atoms in total. The van der Waals surface area contributed by atoms with Crippen LogP contribution in [0, 0.1) is 53.3 Å². The number of hydrogen-bond donors (Lipinski definition) is 7. The molecule has 1 unspecified atom stereocenters. The lowest BCUT2D eigenvalue weighted by molar-refractivity contribution is -0.213. The lowest BCUT2D eigenvalue weighted by Crippen LogP contribution is -2.53. The molecule has 3 saturated carbocycles. The molecular weight excluding hydrogens is 1840 g/mol. The minimum atomic E-state index is -5.23. The highest BCUT2D eigenvalue weighted by molar-refractivity contribution is 5.99. The molecule has 0 spiro atoms. The van der Waals surface area contributed by atoms with E-state index in [4.69, 9.17) is 14.2 Å². The summed E-state index contributed by atoms with van der Waals surface area (Å²) < 4.78 is 98.4. The first-order valence-corrected chi connectivity index (χ1v) is 49.6. The van der Waals surface area contributed by atoms with Gasteiger partial charge in [0.05, 0.1) is 36.3 Å². The molecule has 0 saturated heterocycles. The Morgan fingerprint density at radius 1 is 0.364 bits per heavy atom. The zero-order valence-corrected chi connectivity index (χ0v) is 81.8. The number of Topliss-reactive ketones (excluding diaryl/α,β-unsaturated/α-hetero) is 7. The minimum absolute atomic E-state index is 0.0351. The fraction of sp³-hybridized carbons (Fsp3) is 0.451. The molecule has 12 rings (SSSR count). The number of halogens is 6. The fourth-order valence-corrected chi connectivity index (χ4v) is 19.0. The number of alkyl carbamates (subject to hydrolysis) is 3. The van der Waals surface area contributed by atoms with Crippen molar-refractivity contribution in [1.29, 1.82) is 0 Å². The summed E-state index contributed by atoms with van der Waals surface area (Å²) in [5.41, 5.74) is 4.72. The fourth-order valence-electron chi connectivity index (χ4n) is 19.0. The second-order valence-electron chi connectivity index (χ2n) is 39.0. The van der Waals surface area contributed by atoms with Gasteiger partial charge in [-0.2, -0.15) is 26.3 Å². The minimum Gasteiger partial charge on any atom is -0.445 e. The van der Waals surface area contributed by atoms with Crippen molar-refractivity contribution in [1.82, 2.24) is 31.9 Å². The quantitative estimate of drug-likeness (QED) is 0.0106. The summed E-state index contributed by atoms with van der Waals surface area (Å²) in [7, 11) is 0. The van der Waals surface area contributed by atoms with E-state index in [9.17, 15) is 98.6 Å². The molecule has 7 N–H and O–H groups in total. The van der Waals surface area contributed by atoms with Gasteiger partial charge >= 0.3 is 30.6 Å². The number of alkyl halides is 6. The zero-order valence-electron chi connectivity index (χ0n) is 81.8. The van der Waals surface area contributed by atoms with Crippen molar-refractivity contribution in [3.63, 3.8) is 0 Å². The summed E-state index contributed by atoms with van der Waals surface area (Å²) >= 11 is 0. The Balaban J connectivity index is 0.000000221. The van der Waals surface area contributed by atoms with Gasteiger partial charge in [0.15, 0.2) is 23.5 Å². The van der Waals surface area contributed by atoms with Gasteiger partial charge in [-0.1, -0.05) is 279 Å². The average molecular weight is 1980 g/mol. The third-order valence-electron chi connectivity index (χ3n) is 26.4.